The molecule has 1 aliphatic heterocycles. The van der Waals surface area contributed by atoms with E-state index in [1.54, 1.807) is 4.90 Å². The highest BCUT2D eigenvalue weighted by Gasteiger charge is 2.23. The summed E-state index contributed by atoms with van der Waals surface area (Å²) in [4.78, 5) is 27.1. The molecule has 0 radical (unpaired) electrons. The van der Waals surface area contributed by atoms with Gasteiger partial charge in [0.15, 0.2) is 0 Å². The maximum absolute atomic E-state index is 11.8. The summed E-state index contributed by atoms with van der Waals surface area (Å²) in [6.45, 7) is 11.1. The highest BCUT2D eigenvalue weighted by molar-refractivity contribution is 5.94. The van der Waals surface area contributed by atoms with Crippen molar-refractivity contribution in [2.24, 2.45) is 5.41 Å². The molecular formula is C15H28N2O3. The van der Waals surface area contributed by atoms with Crippen LogP contribution in [0.3, 0.4) is 0 Å². The average Bonchev–Trinajstić information content (AvgIpc) is 2.37. The third-order valence-electron chi connectivity index (χ3n) is 3.65. The molecule has 0 aromatic rings. The molecule has 1 fully saturated rings. The molecule has 1 heterocycles. The average molecular weight is 284 g/mol. The standard InChI is InChI=1S/C15H28N2O3/c1-15(2,3)6-5-7-16-8-10-17(11-9-16)13(18)12-14(19)20-4/h5-12H2,1-4H3. The van der Waals surface area contributed by atoms with E-state index in [0.717, 1.165) is 19.6 Å². The van der Waals surface area contributed by atoms with Gasteiger partial charge in [0, 0.05) is 26.2 Å². The Bertz CT molecular complexity index is 329. The Morgan fingerprint density at radius 3 is 2.20 bits per heavy atom. The Morgan fingerprint density at radius 2 is 1.70 bits per heavy atom. The Kier molecular flexibility index (Phi) is 6.46. The number of nitrogens with zero attached hydrogens (tertiary/aromatic N) is 2. The van der Waals surface area contributed by atoms with Gasteiger partial charge in [0.2, 0.25) is 5.91 Å². The van der Waals surface area contributed by atoms with Crippen LogP contribution >= 0.6 is 0 Å². The molecule has 1 rings (SSSR count). The molecule has 5 heteroatoms. The summed E-state index contributed by atoms with van der Waals surface area (Å²) in [5, 5.41) is 0. The van der Waals surface area contributed by atoms with Gasteiger partial charge in [0.05, 0.1) is 7.11 Å². The van der Waals surface area contributed by atoms with E-state index in [0.29, 0.717) is 18.5 Å². The van der Waals surface area contributed by atoms with Crippen molar-refractivity contribution in [3.05, 3.63) is 0 Å². The maximum atomic E-state index is 11.8. The topological polar surface area (TPSA) is 49.9 Å². The van der Waals surface area contributed by atoms with Crippen molar-refractivity contribution in [1.82, 2.24) is 9.80 Å². The minimum Gasteiger partial charge on any atom is -0.469 e. The summed E-state index contributed by atoms with van der Waals surface area (Å²) in [7, 11) is 1.31. The quantitative estimate of drug-likeness (QED) is 0.567. The zero-order chi connectivity index (χ0) is 15.2. The van der Waals surface area contributed by atoms with Crippen molar-refractivity contribution in [3.8, 4) is 0 Å². The van der Waals surface area contributed by atoms with Gasteiger partial charge in [0.1, 0.15) is 6.42 Å². The van der Waals surface area contributed by atoms with Gasteiger partial charge in [-0.05, 0) is 24.8 Å². The number of carbonyl (C=O) groups excluding carboxylic acids is 2. The summed E-state index contributed by atoms with van der Waals surface area (Å²) < 4.78 is 4.52. The molecule has 0 aromatic carbocycles. The molecule has 1 saturated heterocycles. The van der Waals surface area contributed by atoms with E-state index in [2.05, 4.69) is 30.4 Å². The first-order chi connectivity index (χ1) is 9.31. The molecule has 20 heavy (non-hydrogen) atoms. The fourth-order valence-electron chi connectivity index (χ4n) is 2.36. The normalized spacial score (nSPS) is 17.1. The van der Waals surface area contributed by atoms with Crippen LogP contribution in [0, 0.1) is 5.41 Å². The summed E-state index contributed by atoms with van der Waals surface area (Å²) in [6, 6.07) is 0. The van der Waals surface area contributed by atoms with Gasteiger partial charge in [-0.1, -0.05) is 20.8 Å². The maximum Gasteiger partial charge on any atom is 0.315 e. The number of carbonyl (C=O) groups is 2. The van der Waals surface area contributed by atoms with Crippen molar-refractivity contribution < 1.29 is 14.3 Å². The number of hydrogen-bond donors (Lipinski definition) is 0. The predicted molar refractivity (Wildman–Crippen MR) is 78.3 cm³/mol. The minimum atomic E-state index is -0.456. The fraction of sp³-hybridized carbons (Fsp3) is 0.867. The van der Waals surface area contributed by atoms with Crippen LogP contribution in [0.1, 0.15) is 40.0 Å². The zero-order valence-electron chi connectivity index (χ0n) is 13.3. The van der Waals surface area contributed by atoms with Crippen molar-refractivity contribution in [1.29, 1.82) is 0 Å². The predicted octanol–water partition coefficient (Wildman–Crippen LogP) is 1.52. The molecule has 0 bridgehead atoms. The van der Waals surface area contributed by atoms with E-state index in [9.17, 15) is 9.59 Å². The number of methoxy groups -OCH3 is 1. The van der Waals surface area contributed by atoms with Crippen molar-refractivity contribution in [2.45, 2.75) is 40.0 Å². The number of esters is 1. The van der Waals surface area contributed by atoms with E-state index >= 15 is 0 Å². The second-order valence-electron chi connectivity index (χ2n) is 6.64. The Morgan fingerprint density at radius 1 is 1.10 bits per heavy atom. The van der Waals surface area contributed by atoms with Gasteiger partial charge in [-0.3, -0.25) is 14.5 Å². The summed E-state index contributed by atoms with van der Waals surface area (Å²) >= 11 is 0. The van der Waals surface area contributed by atoms with E-state index in [4.69, 9.17) is 0 Å². The first-order valence-corrected chi connectivity index (χ1v) is 7.39. The third-order valence-corrected chi connectivity index (χ3v) is 3.65. The van der Waals surface area contributed by atoms with E-state index < -0.39 is 5.97 Å². The van der Waals surface area contributed by atoms with Crippen LogP contribution in [-0.2, 0) is 14.3 Å². The number of ether oxygens (including phenoxy) is 1. The number of amides is 1. The fourth-order valence-corrected chi connectivity index (χ4v) is 2.36. The second kappa shape index (κ2) is 7.62. The van der Waals surface area contributed by atoms with Crippen LogP contribution in [0.15, 0.2) is 0 Å². The molecule has 0 atom stereocenters. The van der Waals surface area contributed by atoms with Gasteiger partial charge < -0.3 is 9.64 Å². The van der Waals surface area contributed by atoms with Gasteiger partial charge >= 0.3 is 5.97 Å². The molecule has 0 saturated carbocycles. The van der Waals surface area contributed by atoms with Crippen molar-refractivity contribution in [2.75, 3.05) is 39.8 Å². The van der Waals surface area contributed by atoms with Crippen LogP contribution in [0.4, 0.5) is 0 Å². The number of piperazine rings is 1. The Hall–Kier alpha value is -1.10. The van der Waals surface area contributed by atoms with E-state index in [1.807, 2.05) is 0 Å². The Balaban J connectivity index is 2.23. The van der Waals surface area contributed by atoms with Crippen molar-refractivity contribution >= 4 is 11.9 Å². The zero-order valence-corrected chi connectivity index (χ0v) is 13.3. The lowest BCUT2D eigenvalue weighted by Crippen LogP contribution is -2.49. The largest absolute Gasteiger partial charge is 0.469 e. The highest BCUT2D eigenvalue weighted by atomic mass is 16.5. The van der Waals surface area contributed by atoms with Gasteiger partial charge in [0.25, 0.3) is 0 Å². The molecule has 0 aliphatic carbocycles. The molecule has 0 aromatic heterocycles. The van der Waals surface area contributed by atoms with Crippen LogP contribution < -0.4 is 0 Å². The summed E-state index contributed by atoms with van der Waals surface area (Å²) in [5.74, 6) is -0.575. The second-order valence-corrected chi connectivity index (χ2v) is 6.64. The molecule has 1 aliphatic rings. The third kappa shape index (κ3) is 6.37. The highest BCUT2D eigenvalue weighted by Crippen LogP contribution is 2.20. The smallest absolute Gasteiger partial charge is 0.315 e. The molecular weight excluding hydrogens is 256 g/mol. The molecule has 116 valence electrons. The van der Waals surface area contributed by atoms with E-state index in [-0.39, 0.29) is 12.3 Å². The molecule has 0 unspecified atom stereocenters. The minimum absolute atomic E-state index is 0.119. The van der Waals surface area contributed by atoms with Crippen LogP contribution in [0.2, 0.25) is 0 Å². The van der Waals surface area contributed by atoms with Crippen LogP contribution in [0.25, 0.3) is 0 Å². The van der Waals surface area contributed by atoms with E-state index in [1.165, 1.54) is 20.0 Å². The van der Waals surface area contributed by atoms with Gasteiger partial charge in [-0.25, -0.2) is 0 Å². The lowest BCUT2D eigenvalue weighted by molar-refractivity contribution is -0.147. The number of hydrogen-bond acceptors (Lipinski definition) is 4. The molecule has 0 spiro atoms. The van der Waals surface area contributed by atoms with Crippen LogP contribution in [-0.4, -0.2) is 61.5 Å². The lowest BCUT2D eigenvalue weighted by atomic mass is 9.90. The molecule has 1 amide bonds. The van der Waals surface area contributed by atoms with Crippen LogP contribution in [0.5, 0.6) is 0 Å². The van der Waals surface area contributed by atoms with Gasteiger partial charge in [-0.2, -0.15) is 0 Å². The SMILES string of the molecule is COC(=O)CC(=O)N1CCN(CCCC(C)(C)C)CC1. The first-order valence-electron chi connectivity index (χ1n) is 7.39. The monoisotopic (exact) mass is 284 g/mol. The van der Waals surface area contributed by atoms with Gasteiger partial charge in [-0.15, -0.1) is 0 Å². The van der Waals surface area contributed by atoms with Crippen molar-refractivity contribution in [3.63, 3.8) is 0 Å². The lowest BCUT2D eigenvalue weighted by Gasteiger charge is -2.35. The molecule has 0 N–H and O–H groups in total. The summed E-state index contributed by atoms with van der Waals surface area (Å²) in [6.07, 6.45) is 2.27. The number of rotatable bonds is 5. The molecule has 5 nitrogen and oxygen atoms in total. The summed E-state index contributed by atoms with van der Waals surface area (Å²) in [5.41, 5.74) is 0.387. The first kappa shape index (κ1) is 17.0. The Labute approximate surface area is 122 Å².